The zero-order valence-electron chi connectivity index (χ0n) is 13.9. The van der Waals surface area contributed by atoms with E-state index in [4.69, 9.17) is 5.73 Å². The molecule has 1 aliphatic rings. The van der Waals surface area contributed by atoms with E-state index in [0.717, 1.165) is 18.6 Å². The number of halogens is 1. The molecule has 0 radical (unpaired) electrons. The maximum absolute atomic E-state index is 12.4. The van der Waals surface area contributed by atoms with Crippen molar-refractivity contribution < 1.29 is 9.72 Å². The van der Waals surface area contributed by atoms with Crippen LogP contribution in [0, 0.1) is 16.0 Å². The number of nitrogens with two attached hydrogens (primary N) is 1. The molecule has 1 aliphatic heterocycles. The van der Waals surface area contributed by atoms with E-state index < -0.39 is 4.92 Å². The minimum Gasteiger partial charge on any atom is -0.337 e. The Bertz CT molecular complexity index is 598. The lowest BCUT2D eigenvalue weighted by Gasteiger charge is -2.16. The summed E-state index contributed by atoms with van der Waals surface area (Å²) in [5.74, 6) is 1.20. The second kappa shape index (κ2) is 9.25. The van der Waals surface area contributed by atoms with Crippen LogP contribution in [0.1, 0.15) is 37.0 Å². The SMILES string of the molecule is CC(C)CCSc1ccc(C(=O)N2CC[C@@H](N)C2)cc1[N+](=O)[O-].Cl. The van der Waals surface area contributed by atoms with Crippen molar-refractivity contribution in [1.82, 2.24) is 4.90 Å². The molecule has 8 heteroatoms. The Kier molecular flexibility index (Phi) is 7.99. The molecule has 1 aromatic rings. The number of carbonyl (C=O) groups is 1. The van der Waals surface area contributed by atoms with Crippen molar-refractivity contribution in [3.8, 4) is 0 Å². The Hall–Kier alpha value is -1.31. The molecule has 1 saturated heterocycles. The van der Waals surface area contributed by atoms with Gasteiger partial charge in [-0.25, -0.2) is 0 Å². The average Bonchev–Trinajstić information content (AvgIpc) is 2.92. The molecule has 24 heavy (non-hydrogen) atoms. The number of nitro benzene ring substituents is 1. The van der Waals surface area contributed by atoms with E-state index in [-0.39, 0.29) is 30.0 Å². The van der Waals surface area contributed by atoms with Crippen molar-refractivity contribution in [2.75, 3.05) is 18.8 Å². The number of nitro groups is 1. The van der Waals surface area contributed by atoms with Crippen molar-refractivity contribution >= 4 is 35.8 Å². The Balaban J connectivity index is 0.00000288. The van der Waals surface area contributed by atoms with Crippen LogP contribution >= 0.6 is 24.2 Å². The molecule has 1 aromatic carbocycles. The summed E-state index contributed by atoms with van der Waals surface area (Å²) >= 11 is 1.47. The van der Waals surface area contributed by atoms with E-state index in [1.54, 1.807) is 17.0 Å². The third-order valence-electron chi connectivity index (χ3n) is 3.87. The summed E-state index contributed by atoms with van der Waals surface area (Å²) in [6.45, 7) is 5.37. The first-order valence-corrected chi connectivity index (χ1v) is 8.83. The zero-order chi connectivity index (χ0) is 17.0. The molecule has 1 fully saturated rings. The van der Waals surface area contributed by atoms with Crippen LogP contribution in [0.15, 0.2) is 23.1 Å². The van der Waals surface area contributed by atoms with Gasteiger partial charge in [-0.1, -0.05) is 13.8 Å². The van der Waals surface area contributed by atoms with E-state index in [2.05, 4.69) is 13.8 Å². The topological polar surface area (TPSA) is 89.5 Å². The number of amides is 1. The molecule has 6 nitrogen and oxygen atoms in total. The maximum atomic E-state index is 12.4. The van der Waals surface area contributed by atoms with Gasteiger partial charge in [0.25, 0.3) is 11.6 Å². The van der Waals surface area contributed by atoms with Gasteiger partial charge in [-0.15, -0.1) is 24.2 Å². The fraction of sp³-hybridized carbons (Fsp3) is 0.562. The van der Waals surface area contributed by atoms with Crippen LogP contribution in [0.2, 0.25) is 0 Å². The molecule has 1 amide bonds. The largest absolute Gasteiger partial charge is 0.337 e. The van der Waals surface area contributed by atoms with Crippen molar-refractivity contribution in [3.05, 3.63) is 33.9 Å². The van der Waals surface area contributed by atoms with Crippen molar-refractivity contribution in [1.29, 1.82) is 0 Å². The van der Waals surface area contributed by atoms with E-state index in [0.29, 0.717) is 29.5 Å². The molecule has 0 unspecified atom stereocenters. The number of nitrogens with zero attached hydrogens (tertiary/aromatic N) is 2. The second-order valence-electron chi connectivity index (χ2n) is 6.27. The molecule has 0 spiro atoms. The minimum absolute atomic E-state index is 0. The van der Waals surface area contributed by atoms with Crippen LogP contribution in [-0.4, -0.2) is 40.6 Å². The van der Waals surface area contributed by atoms with Crippen molar-refractivity contribution in [3.63, 3.8) is 0 Å². The van der Waals surface area contributed by atoms with Gasteiger partial charge in [-0.05, 0) is 36.6 Å². The van der Waals surface area contributed by atoms with E-state index in [1.165, 1.54) is 17.8 Å². The van der Waals surface area contributed by atoms with Gasteiger partial charge in [0.05, 0.1) is 9.82 Å². The molecular formula is C16H24ClN3O3S. The second-order valence-corrected chi connectivity index (χ2v) is 7.41. The monoisotopic (exact) mass is 373 g/mol. The molecule has 0 bridgehead atoms. The first-order chi connectivity index (χ1) is 10.9. The first kappa shape index (κ1) is 20.7. The third-order valence-corrected chi connectivity index (χ3v) is 4.96. The summed E-state index contributed by atoms with van der Waals surface area (Å²) in [5.41, 5.74) is 6.18. The standard InChI is InChI=1S/C16H23N3O3S.ClH/c1-11(2)6-8-23-15-4-3-12(9-14(15)19(21)22)16(20)18-7-5-13(17)10-18;/h3-4,9,11,13H,5-8,10,17H2,1-2H3;1H/t13-;/m1./s1. The number of thioether (sulfide) groups is 1. The quantitative estimate of drug-likeness (QED) is 0.469. The number of benzene rings is 1. The molecule has 0 aliphatic carbocycles. The predicted octanol–water partition coefficient (Wildman–Crippen LogP) is 3.33. The number of carbonyl (C=O) groups excluding carboxylic acids is 1. The van der Waals surface area contributed by atoms with Crippen molar-refractivity contribution in [2.24, 2.45) is 11.7 Å². The fourth-order valence-electron chi connectivity index (χ4n) is 2.47. The first-order valence-electron chi connectivity index (χ1n) is 7.84. The highest BCUT2D eigenvalue weighted by atomic mass is 35.5. The number of hydrogen-bond acceptors (Lipinski definition) is 5. The maximum Gasteiger partial charge on any atom is 0.283 e. The summed E-state index contributed by atoms with van der Waals surface area (Å²) in [6, 6.07) is 4.76. The van der Waals surface area contributed by atoms with Gasteiger partial charge < -0.3 is 10.6 Å². The molecule has 2 N–H and O–H groups in total. The number of hydrogen-bond donors (Lipinski definition) is 1. The summed E-state index contributed by atoms with van der Waals surface area (Å²) in [5, 5.41) is 11.3. The third kappa shape index (κ3) is 5.36. The van der Waals surface area contributed by atoms with Gasteiger partial charge in [0.2, 0.25) is 0 Å². The molecule has 0 aromatic heterocycles. The van der Waals surface area contributed by atoms with Crippen LogP contribution in [0.25, 0.3) is 0 Å². The smallest absolute Gasteiger partial charge is 0.283 e. The highest BCUT2D eigenvalue weighted by Gasteiger charge is 2.26. The molecule has 134 valence electrons. The normalized spacial score (nSPS) is 17.0. The predicted molar refractivity (Wildman–Crippen MR) is 99.0 cm³/mol. The summed E-state index contributed by atoms with van der Waals surface area (Å²) in [7, 11) is 0. The minimum atomic E-state index is -0.412. The molecule has 1 heterocycles. The van der Waals surface area contributed by atoms with Crippen LogP contribution in [0.5, 0.6) is 0 Å². The van der Waals surface area contributed by atoms with E-state index in [9.17, 15) is 14.9 Å². The molecule has 2 rings (SSSR count). The van der Waals surface area contributed by atoms with Crippen LogP contribution < -0.4 is 5.73 Å². The van der Waals surface area contributed by atoms with Gasteiger partial charge in [0.1, 0.15) is 0 Å². The van der Waals surface area contributed by atoms with Gasteiger partial charge in [0, 0.05) is 30.8 Å². The van der Waals surface area contributed by atoms with E-state index in [1.807, 2.05) is 0 Å². The molecular weight excluding hydrogens is 350 g/mol. The summed E-state index contributed by atoms with van der Waals surface area (Å²) in [6.07, 6.45) is 1.77. The van der Waals surface area contributed by atoms with Gasteiger partial charge in [-0.2, -0.15) is 0 Å². The lowest BCUT2D eigenvalue weighted by molar-refractivity contribution is -0.387. The van der Waals surface area contributed by atoms with E-state index >= 15 is 0 Å². The average molecular weight is 374 g/mol. The van der Waals surface area contributed by atoms with Crippen LogP contribution in [0.3, 0.4) is 0 Å². The highest BCUT2D eigenvalue weighted by Crippen LogP contribution is 2.31. The van der Waals surface area contributed by atoms with Crippen LogP contribution in [-0.2, 0) is 0 Å². The fourth-order valence-corrected chi connectivity index (χ4v) is 3.73. The van der Waals surface area contributed by atoms with Gasteiger partial charge >= 0.3 is 0 Å². The number of rotatable bonds is 6. The Morgan fingerprint density at radius 3 is 2.75 bits per heavy atom. The molecule has 0 saturated carbocycles. The summed E-state index contributed by atoms with van der Waals surface area (Å²) in [4.78, 5) is 25.6. The Morgan fingerprint density at radius 1 is 1.50 bits per heavy atom. The highest BCUT2D eigenvalue weighted by molar-refractivity contribution is 7.99. The van der Waals surface area contributed by atoms with Gasteiger partial charge in [0.15, 0.2) is 0 Å². The van der Waals surface area contributed by atoms with Crippen LogP contribution in [0.4, 0.5) is 5.69 Å². The summed E-state index contributed by atoms with van der Waals surface area (Å²) < 4.78 is 0. The lowest BCUT2D eigenvalue weighted by Crippen LogP contribution is -2.31. The zero-order valence-corrected chi connectivity index (χ0v) is 15.6. The Labute approximate surface area is 152 Å². The van der Waals surface area contributed by atoms with Crippen molar-refractivity contribution in [2.45, 2.75) is 37.6 Å². The number of likely N-dealkylation sites (tertiary alicyclic amines) is 1. The lowest BCUT2D eigenvalue weighted by atomic mass is 10.2. The molecule has 1 atom stereocenters. The Morgan fingerprint density at radius 2 is 2.21 bits per heavy atom. The van der Waals surface area contributed by atoms with Gasteiger partial charge in [-0.3, -0.25) is 14.9 Å².